The van der Waals surface area contributed by atoms with Crippen molar-refractivity contribution in [3.63, 3.8) is 0 Å². The summed E-state index contributed by atoms with van der Waals surface area (Å²) in [7, 11) is 1.86. The molecule has 1 aromatic carbocycles. The lowest BCUT2D eigenvalue weighted by molar-refractivity contribution is 0.296. The third-order valence-electron chi connectivity index (χ3n) is 2.53. The quantitative estimate of drug-likeness (QED) is 0.881. The molecule has 0 aliphatic carbocycles. The van der Waals surface area contributed by atoms with Crippen molar-refractivity contribution in [1.29, 1.82) is 0 Å². The Bertz CT molecular complexity index is 581. The zero-order chi connectivity index (χ0) is 13.3. The Morgan fingerprint density at radius 1 is 1.28 bits per heavy atom. The van der Waals surface area contributed by atoms with E-state index >= 15 is 0 Å². The summed E-state index contributed by atoms with van der Waals surface area (Å²) in [4.78, 5) is 0. The first-order valence-corrected chi connectivity index (χ1v) is 6.10. The highest BCUT2D eigenvalue weighted by Crippen LogP contribution is 2.32. The van der Waals surface area contributed by atoms with E-state index in [9.17, 15) is 0 Å². The van der Waals surface area contributed by atoms with Gasteiger partial charge in [0.2, 0.25) is 0 Å². The van der Waals surface area contributed by atoms with Gasteiger partial charge in [0, 0.05) is 13.1 Å². The van der Waals surface area contributed by atoms with Gasteiger partial charge in [-0.3, -0.25) is 4.68 Å². The van der Waals surface area contributed by atoms with E-state index in [1.807, 2.05) is 20.0 Å². The first kappa shape index (κ1) is 13.1. The fourth-order valence-electron chi connectivity index (χ4n) is 1.62. The van der Waals surface area contributed by atoms with Crippen LogP contribution >= 0.6 is 23.2 Å². The predicted molar refractivity (Wildman–Crippen MR) is 73.2 cm³/mol. The molecule has 0 radical (unpaired) electrons. The number of aryl methyl sites for hydroxylation is 2. The molecule has 4 nitrogen and oxygen atoms in total. The first-order valence-electron chi connectivity index (χ1n) is 5.34. The Labute approximate surface area is 115 Å². The molecule has 96 valence electrons. The summed E-state index contributed by atoms with van der Waals surface area (Å²) in [5.41, 5.74) is 8.17. The lowest BCUT2D eigenvalue weighted by atomic mass is 10.3. The minimum atomic E-state index is 0.375. The van der Waals surface area contributed by atoms with Gasteiger partial charge in [-0.25, -0.2) is 0 Å². The molecule has 2 aromatic rings. The van der Waals surface area contributed by atoms with Crippen molar-refractivity contribution >= 4 is 28.9 Å². The number of benzene rings is 1. The molecule has 6 heteroatoms. The number of nitrogen functional groups attached to an aromatic ring is 1. The number of halogens is 2. The molecule has 2 N–H and O–H groups in total. The highest BCUT2D eigenvalue weighted by Gasteiger charge is 2.08. The molecule has 1 aromatic heterocycles. The number of rotatable bonds is 3. The molecular weight excluding hydrogens is 273 g/mol. The Balaban J connectivity index is 2.15. The average Bonchev–Trinajstić information content (AvgIpc) is 2.61. The summed E-state index contributed by atoms with van der Waals surface area (Å²) in [5.74, 6) is 0.517. The van der Waals surface area contributed by atoms with E-state index in [0.29, 0.717) is 28.1 Å². The lowest BCUT2D eigenvalue weighted by Crippen LogP contribution is -2.04. The molecule has 0 saturated carbocycles. The van der Waals surface area contributed by atoms with E-state index in [1.165, 1.54) is 0 Å². The minimum absolute atomic E-state index is 0.375. The van der Waals surface area contributed by atoms with Gasteiger partial charge in [0.25, 0.3) is 0 Å². The zero-order valence-corrected chi connectivity index (χ0v) is 11.6. The molecule has 0 amide bonds. The van der Waals surface area contributed by atoms with Crippen molar-refractivity contribution in [2.45, 2.75) is 13.5 Å². The summed E-state index contributed by atoms with van der Waals surface area (Å²) in [6.45, 7) is 2.30. The molecule has 0 aliphatic rings. The van der Waals surface area contributed by atoms with Crippen molar-refractivity contribution in [3.8, 4) is 5.75 Å². The van der Waals surface area contributed by atoms with Crippen LogP contribution in [0.2, 0.25) is 10.0 Å². The zero-order valence-electron chi connectivity index (χ0n) is 10.1. The molecule has 0 atom stereocenters. The highest BCUT2D eigenvalue weighted by molar-refractivity contribution is 6.42. The number of hydrogen-bond donors (Lipinski definition) is 1. The van der Waals surface area contributed by atoms with Gasteiger partial charge in [0.05, 0.1) is 27.1 Å². The van der Waals surface area contributed by atoms with Crippen LogP contribution in [0.15, 0.2) is 18.2 Å². The molecule has 0 bridgehead atoms. The number of nitrogens with zero attached hydrogens (tertiary/aromatic N) is 2. The van der Waals surface area contributed by atoms with Crippen LogP contribution < -0.4 is 10.5 Å². The predicted octanol–water partition coefficient (Wildman–Crippen LogP) is 3.20. The first-order chi connectivity index (χ1) is 8.47. The van der Waals surface area contributed by atoms with Gasteiger partial charge >= 0.3 is 0 Å². The average molecular weight is 286 g/mol. The van der Waals surface area contributed by atoms with Crippen molar-refractivity contribution < 1.29 is 4.74 Å². The molecule has 0 aliphatic heterocycles. The number of anilines is 1. The normalized spacial score (nSPS) is 10.7. The van der Waals surface area contributed by atoms with Crippen molar-refractivity contribution in [2.24, 2.45) is 7.05 Å². The molecule has 18 heavy (non-hydrogen) atoms. The lowest BCUT2D eigenvalue weighted by Gasteiger charge is -2.10. The summed E-state index contributed by atoms with van der Waals surface area (Å²) in [6.07, 6.45) is 0. The van der Waals surface area contributed by atoms with E-state index in [2.05, 4.69) is 5.10 Å². The fraction of sp³-hybridized carbons (Fsp3) is 0.250. The van der Waals surface area contributed by atoms with Crippen LogP contribution in [0.25, 0.3) is 0 Å². The second kappa shape index (κ2) is 5.08. The van der Waals surface area contributed by atoms with Crippen LogP contribution in [-0.4, -0.2) is 9.78 Å². The summed E-state index contributed by atoms with van der Waals surface area (Å²) in [5, 5.41) is 5.07. The maximum absolute atomic E-state index is 5.92. The highest BCUT2D eigenvalue weighted by atomic mass is 35.5. The minimum Gasteiger partial charge on any atom is -0.485 e. The van der Waals surface area contributed by atoms with E-state index in [0.717, 1.165) is 11.4 Å². The van der Waals surface area contributed by atoms with E-state index in [4.69, 9.17) is 33.7 Å². The van der Waals surface area contributed by atoms with Gasteiger partial charge in [-0.1, -0.05) is 23.2 Å². The van der Waals surface area contributed by atoms with Gasteiger partial charge in [0.15, 0.2) is 0 Å². The number of aromatic nitrogens is 2. The smallest absolute Gasteiger partial charge is 0.144 e. The van der Waals surface area contributed by atoms with Gasteiger partial charge in [-0.2, -0.15) is 5.10 Å². The van der Waals surface area contributed by atoms with Crippen molar-refractivity contribution in [3.05, 3.63) is 39.6 Å². The number of hydrogen-bond acceptors (Lipinski definition) is 3. The van der Waals surface area contributed by atoms with Crippen molar-refractivity contribution in [2.75, 3.05) is 5.73 Å². The maximum atomic E-state index is 5.92. The number of ether oxygens (including phenoxy) is 1. The van der Waals surface area contributed by atoms with Crippen LogP contribution in [0, 0.1) is 6.92 Å². The van der Waals surface area contributed by atoms with Crippen LogP contribution in [0.5, 0.6) is 5.75 Å². The Morgan fingerprint density at radius 3 is 2.56 bits per heavy atom. The molecule has 1 heterocycles. The number of nitrogens with two attached hydrogens (primary N) is 1. The topological polar surface area (TPSA) is 53.1 Å². The van der Waals surface area contributed by atoms with Crippen LogP contribution in [-0.2, 0) is 13.7 Å². The second-order valence-electron chi connectivity index (χ2n) is 3.99. The fourth-order valence-corrected chi connectivity index (χ4v) is 1.95. The Morgan fingerprint density at radius 2 is 1.94 bits per heavy atom. The second-order valence-corrected chi connectivity index (χ2v) is 4.81. The SMILES string of the molecule is Cc1cc(COc2cc(Cl)c(Cl)cc2N)n(C)n1. The van der Waals surface area contributed by atoms with Crippen LogP contribution in [0.4, 0.5) is 5.69 Å². The Hall–Kier alpha value is -1.39. The summed E-state index contributed by atoms with van der Waals surface area (Å²) < 4.78 is 7.39. The maximum Gasteiger partial charge on any atom is 0.144 e. The molecule has 0 fully saturated rings. The third kappa shape index (κ3) is 2.71. The molecule has 0 unspecified atom stereocenters. The van der Waals surface area contributed by atoms with Gasteiger partial charge in [-0.05, 0) is 19.1 Å². The monoisotopic (exact) mass is 285 g/mol. The van der Waals surface area contributed by atoms with Crippen LogP contribution in [0.1, 0.15) is 11.4 Å². The largest absolute Gasteiger partial charge is 0.485 e. The molecule has 0 saturated heterocycles. The van der Waals surface area contributed by atoms with Crippen molar-refractivity contribution in [1.82, 2.24) is 9.78 Å². The van der Waals surface area contributed by atoms with Gasteiger partial charge in [-0.15, -0.1) is 0 Å². The standard InChI is InChI=1S/C12H13Cl2N3O/c1-7-3-8(17(2)16-7)6-18-12-5-10(14)9(13)4-11(12)15/h3-5H,6,15H2,1-2H3. The summed E-state index contributed by atoms with van der Waals surface area (Å²) >= 11 is 11.8. The van der Waals surface area contributed by atoms with E-state index in [1.54, 1.807) is 16.8 Å². The molecule has 2 rings (SSSR count). The Kier molecular flexibility index (Phi) is 3.68. The van der Waals surface area contributed by atoms with E-state index in [-0.39, 0.29) is 0 Å². The van der Waals surface area contributed by atoms with Gasteiger partial charge < -0.3 is 10.5 Å². The van der Waals surface area contributed by atoms with Crippen LogP contribution in [0.3, 0.4) is 0 Å². The van der Waals surface area contributed by atoms with E-state index < -0.39 is 0 Å². The molecular formula is C12H13Cl2N3O. The summed E-state index contributed by atoms with van der Waals surface area (Å²) in [6, 6.07) is 5.14. The van der Waals surface area contributed by atoms with Gasteiger partial charge in [0.1, 0.15) is 12.4 Å². The molecule has 0 spiro atoms. The third-order valence-corrected chi connectivity index (χ3v) is 3.25.